The average molecular weight is 403 g/mol. The van der Waals surface area contributed by atoms with Crippen LogP contribution in [0.3, 0.4) is 0 Å². The third-order valence-corrected chi connectivity index (χ3v) is 6.49. The molecule has 0 unspecified atom stereocenters. The van der Waals surface area contributed by atoms with Gasteiger partial charge in [0, 0.05) is 12.1 Å². The summed E-state index contributed by atoms with van der Waals surface area (Å²) in [4.78, 5) is 12.8. The van der Waals surface area contributed by atoms with Gasteiger partial charge >= 0.3 is 0 Å². The molecule has 1 N–H and O–H groups in total. The van der Waals surface area contributed by atoms with Crippen molar-refractivity contribution in [3.05, 3.63) is 65.7 Å². The Balaban J connectivity index is 2.19. The van der Waals surface area contributed by atoms with Gasteiger partial charge in [-0.1, -0.05) is 44.2 Å². The van der Waals surface area contributed by atoms with Crippen LogP contribution in [0.15, 0.2) is 54.6 Å². The first-order chi connectivity index (χ1) is 13.3. The van der Waals surface area contributed by atoms with Gasteiger partial charge in [-0.25, -0.2) is 8.42 Å². The summed E-state index contributed by atoms with van der Waals surface area (Å²) in [6.45, 7) is 8.03. The maximum absolute atomic E-state index is 12.8. The molecular formula is C22H30N2O3S. The molecule has 152 valence electrons. The van der Waals surface area contributed by atoms with E-state index >= 15 is 0 Å². The number of carbonyl (C=O) groups excluding carboxylic acids is 1. The molecule has 1 atom stereocenters. The monoisotopic (exact) mass is 402 g/mol. The highest BCUT2D eigenvalue weighted by Crippen LogP contribution is 2.23. The van der Waals surface area contributed by atoms with Gasteiger partial charge in [0.1, 0.15) is 0 Å². The molecule has 28 heavy (non-hydrogen) atoms. The summed E-state index contributed by atoms with van der Waals surface area (Å²) in [7, 11) is -3.33. The van der Waals surface area contributed by atoms with Crippen molar-refractivity contribution in [2.75, 3.05) is 16.6 Å². The van der Waals surface area contributed by atoms with E-state index in [2.05, 4.69) is 19.2 Å². The molecule has 6 heteroatoms. The number of hydrogen-bond acceptors (Lipinski definition) is 3. The van der Waals surface area contributed by atoms with Crippen molar-refractivity contribution in [1.82, 2.24) is 5.32 Å². The van der Waals surface area contributed by atoms with E-state index in [9.17, 15) is 13.2 Å². The van der Waals surface area contributed by atoms with E-state index in [1.165, 1.54) is 4.31 Å². The van der Waals surface area contributed by atoms with E-state index in [0.29, 0.717) is 23.7 Å². The molecule has 0 aliphatic rings. The quantitative estimate of drug-likeness (QED) is 0.677. The molecule has 0 fully saturated rings. The lowest BCUT2D eigenvalue weighted by Crippen LogP contribution is -2.32. The Morgan fingerprint density at radius 3 is 2.11 bits per heavy atom. The van der Waals surface area contributed by atoms with Gasteiger partial charge in [0.2, 0.25) is 10.0 Å². The first-order valence-electron chi connectivity index (χ1n) is 9.74. The number of sulfonamides is 1. The Kier molecular flexibility index (Phi) is 7.63. The molecule has 0 heterocycles. The van der Waals surface area contributed by atoms with Crippen molar-refractivity contribution in [3.8, 4) is 0 Å². The van der Waals surface area contributed by atoms with Crippen LogP contribution in [0, 0.1) is 5.92 Å². The van der Waals surface area contributed by atoms with E-state index in [1.54, 1.807) is 38.1 Å². The van der Waals surface area contributed by atoms with Crippen molar-refractivity contribution in [2.45, 2.75) is 40.2 Å². The van der Waals surface area contributed by atoms with Gasteiger partial charge in [0.15, 0.2) is 0 Å². The van der Waals surface area contributed by atoms with E-state index in [4.69, 9.17) is 0 Å². The molecule has 0 aromatic heterocycles. The number of nitrogens with zero attached hydrogens (tertiary/aromatic N) is 1. The van der Waals surface area contributed by atoms with Crippen LogP contribution in [0.1, 0.15) is 56.1 Å². The van der Waals surface area contributed by atoms with Crippen molar-refractivity contribution in [3.63, 3.8) is 0 Å². The molecule has 0 spiro atoms. The SMILES string of the molecule is CCN(c1ccc(C(=O)N[C@H](CC(C)C)c2ccccc2)cc1)S(=O)(=O)CC. The van der Waals surface area contributed by atoms with E-state index in [1.807, 2.05) is 30.3 Å². The van der Waals surface area contributed by atoms with Crippen LogP contribution in [0.4, 0.5) is 5.69 Å². The van der Waals surface area contributed by atoms with Crippen LogP contribution in [0.25, 0.3) is 0 Å². The van der Waals surface area contributed by atoms with Crippen molar-refractivity contribution in [1.29, 1.82) is 0 Å². The smallest absolute Gasteiger partial charge is 0.251 e. The third-order valence-electron chi connectivity index (χ3n) is 4.62. The van der Waals surface area contributed by atoms with Crippen LogP contribution in [-0.4, -0.2) is 26.6 Å². The fourth-order valence-electron chi connectivity index (χ4n) is 3.15. The number of hydrogen-bond donors (Lipinski definition) is 1. The standard InChI is InChI=1S/C22H30N2O3S/c1-5-24(28(26,27)6-2)20-14-12-19(13-15-20)22(25)23-21(16-17(3)4)18-10-8-7-9-11-18/h7-15,17,21H,5-6,16H2,1-4H3,(H,23,25)/t21-/m1/s1. The van der Waals surface area contributed by atoms with Crippen LogP contribution in [-0.2, 0) is 10.0 Å². The van der Waals surface area contributed by atoms with E-state index in [0.717, 1.165) is 12.0 Å². The molecule has 0 aliphatic carbocycles. The van der Waals surface area contributed by atoms with Gasteiger partial charge in [-0.05, 0) is 56.0 Å². The highest BCUT2D eigenvalue weighted by molar-refractivity contribution is 7.92. The van der Waals surface area contributed by atoms with Crippen LogP contribution in [0.2, 0.25) is 0 Å². The maximum atomic E-state index is 12.8. The first-order valence-corrected chi connectivity index (χ1v) is 11.4. The first kappa shape index (κ1) is 22.0. The Labute approximate surface area is 168 Å². The minimum Gasteiger partial charge on any atom is -0.345 e. The zero-order chi connectivity index (χ0) is 20.7. The number of carbonyl (C=O) groups is 1. The summed E-state index contributed by atoms with van der Waals surface area (Å²) in [5.41, 5.74) is 2.16. The van der Waals surface area contributed by atoms with E-state index < -0.39 is 10.0 Å². The molecule has 5 nitrogen and oxygen atoms in total. The topological polar surface area (TPSA) is 66.5 Å². The predicted molar refractivity (Wildman–Crippen MR) is 115 cm³/mol. The van der Waals surface area contributed by atoms with Crippen molar-refractivity contribution in [2.24, 2.45) is 5.92 Å². The number of amides is 1. The highest BCUT2D eigenvalue weighted by atomic mass is 32.2. The number of nitrogens with one attached hydrogen (secondary N) is 1. The second-order valence-corrected chi connectivity index (χ2v) is 9.36. The molecule has 2 aromatic rings. The van der Waals surface area contributed by atoms with Gasteiger partial charge in [-0.3, -0.25) is 9.10 Å². The van der Waals surface area contributed by atoms with Gasteiger partial charge in [-0.2, -0.15) is 0 Å². The summed E-state index contributed by atoms with van der Waals surface area (Å²) in [5, 5.41) is 3.11. The normalized spacial score (nSPS) is 12.6. The van der Waals surface area contributed by atoms with Gasteiger partial charge in [-0.15, -0.1) is 0 Å². The molecule has 0 saturated carbocycles. The summed E-state index contributed by atoms with van der Waals surface area (Å²) in [6.07, 6.45) is 0.839. The lowest BCUT2D eigenvalue weighted by molar-refractivity contribution is 0.0932. The maximum Gasteiger partial charge on any atom is 0.251 e. The summed E-state index contributed by atoms with van der Waals surface area (Å²) >= 11 is 0. The number of anilines is 1. The van der Waals surface area contributed by atoms with E-state index in [-0.39, 0.29) is 17.7 Å². The molecule has 0 aliphatic heterocycles. The number of benzene rings is 2. The Bertz CT molecular complexity index is 862. The summed E-state index contributed by atoms with van der Waals surface area (Å²) in [6, 6.07) is 16.6. The van der Waals surface area contributed by atoms with Gasteiger partial charge in [0.05, 0.1) is 17.5 Å². The molecule has 2 rings (SSSR count). The zero-order valence-electron chi connectivity index (χ0n) is 17.1. The van der Waals surface area contributed by atoms with Crippen LogP contribution >= 0.6 is 0 Å². The van der Waals surface area contributed by atoms with Crippen molar-refractivity contribution >= 4 is 21.6 Å². The molecule has 0 radical (unpaired) electrons. The fourth-order valence-corrected chi connectivity index (χ4v) is 4.30. The highest BCUT2D eigenvalue weighted by Gasteiger charge is 2.20. The lowest BCUT2D eigenvalue weighted by Gasteiger charge is -2.23. The second-order valence-electron chi connectivity index (χ2n) is 7.18. The van der Waals surface area contributed by atoms with Crippen molar-refractivity contribution < 1.29 is 13.2 Å². The van der Waals surface area contributed by atoms with Gasteiger partial charge < -0.3 is 5.32 Å². The fraction of sp³-hybridized carbons (Fsp3) is 0.409. The molecular weight excluding hydrogens is 372 g/mol. The minimum absolute atomic E-state index is 0.0387. The number of rotatable bonds is 9. The largest absolute Gasteiger partial charge is 0.345 e. The summed E-state index contributed by atoms with van der Waals surface area (Å²) in [5.74, 6) is 0.310. The minimum atomic E-state index is -3.33. The molecule has 0 bridgehead atoms. The Morgan fingerprint density at radius 1 is 1.00 bits per heavy atom. The lowest BCUT2D eigenvalue weighted by atomic mass is 9.96. The summed E-state index contributed by atoms with van der Waals surface area (Å²) < 4.78 is 25.8. The zero-order valence-corrected chi connectivity index (χ0v) is 17.9. The molecule has 1 amide bonds. The second kappa shape index (κ2) is 9.73. The van der Waals surface area contributed by atoms with Crippen LogP contribution in [0.5, 0.6) is 0 Å². The Morgan fingerprint density at radius 2 is 1.61 bits per heavy atom. The average Bonchev–Trinajstić information content (AvgIpc) is 2.68. The van der Waals surface area contributed by atoms with Gasteiger partial charge in [0.25, 0.3) is 5.91 Å². The molecule has 2 aromatic carbocycles. The molecule has 0 saturated heterocycles. The Hall–Kier alpha value is -2.34. The predicted octanol–water partition coefficient (Wildman–Crippen LogP) is 4.38. The third kappa shape index (κ3) is 5.58. The van der Waals surface area contributed by atoms with Crippen LogP contribution < -0.4 is 9.62 Å².